The van der Waals surface area contributed by atoms with Gasteiger partial charge in [-0.05, 0) is 74.0 Å². The predicted octanol–water partition coefficient (Wildman–Crippen LogP) is 4.36. The van der Waals surface area contributed by atoms with Gasteiger partial charge in [0.2, 0.25) is 5.91 Å². The maximum atomic E-state index is 13.4. The number of ether oxygens (including phenoxy) is 2. The number of rotatable bonds is 10. The zero-order chi connectivity index (χ0) is 24.7. The van der Waals surface area contributed by atoms with Crippen LogP contribution >= 0.6 is 11.6 Å². The van der Waals surface area contributed by atoms with Gasteiger partial charge in [0.25, 0.3) is 10.0 Å². The largest absolute Gasteiger partial charge is 0.497 e. The van der Waals surface area contributed by atoms with Crippen LogP contribution in [0.5, 0.6) is 11.5 Å². The van der Waals surface area contributed by atoms with Gasteiger partial charge in [0.15, 0.2) is 0 Å². The Morgan fingerprint density at radius 3 is 2.29 bits per heavy atom. The Kier molecular flexibility index (Phi) is 8.41. The first-order valence-corrected chi connectivity index (χ1v) is 12.4. The molecule has 0 atom stereocenters. The molecule has 0 heterocycles. The van der Waals surface area contributed by atoms with Crippen LogP contribution in [-0.4, -0.2) is 41.1 Å². The summed E-state index contributed by atoms with van der Waals surface area (Å²) in [6.07, 6.45) is 0. The Morgan fingerprint density at radius 1 is 1.00 bits per heavy atom. The number of aryl methyl sites for hydroxylation is 2. The smallest absolute Gasteiger partial charge is 0.264 e. The molecule has 0 aliphatic rings. The zero-order valence-corrected chi connectivity index (χ0v) is 20.8. The van der Waals surface area contributed by atoms with Gasteiger partial charge in [-0.2, -0.15) is 0 Å². The first-order valence-electron chi connectivity index (χ1n) is 10.6. The lowest BCUT2D eigenvalue weighted by Crippen LogP contribution is -2.41. The van der Waals surface area contributed by atoms with Gasteiger partial charge in [-0.1, -0.05) is 29.3 Å². The van der Waals surface area contributed by atoms with Crippen molar-refractivity contribution in [1.29, 1.82) is 0 Å². The first-order chi connectivity index (χ1) is 16.2. The lowest BCUT2D eigenvalue weighted by molar-refractivity contribution is -0.119. The molecule has 3 rings (SSSR count). The number of nitrogens with zero attached hydrogens (tertiary/aromatic N) is 1. The molecular weight excluding hydrogens is 476 g/mol. The van der Waals surface area contributed by atoms with Crippen LogP contribution in [0.3, 0.4) is 0 Å². The van der Waals surface area contributed by atoms with E-state index in [1.165, 1.54) is 19.2 Å². The molecule has 34 heavy (non-hydrogen) atoms. The normalized spacial score (nSPS) is 11.1. The fourth-order valence-electron chi connectivity index (χ4n) is 3.30. The molecule has 1 amide bonds. The van der Waals surface area contributed by atoms with E-state index in [2.05, 4.69) is 5.32 Å². The molecule has 0 aromatic heterocycles. The molecule has 3 aromatic carbocycles. The quantitative estimate of drug-likeness (QED) is 0.416. The standard InChI is InChI=1S/C25H27ClN2O5S/c1-18-4-13-24(19(2)16-18)33-15-14-27-25(29)17-28(21-7-5-20(26)6-8-21)34(30,31)23-11-9-22(32-3)10-12-23/h4-13,16H,14-15,17H2,1-3H3,(H,27,29). The average Bonchev–Trinajstić information content (AvgIpc) is 2.82. The van der Waals surface area contributed by atoms with Gasteiger partial charge >= 0.3 is 0 Å². The predicted molar refractivity (Wildman–Crippen MR) is 133 cm³/mol. The lowest BCUT2D eigenvalue weighted by atomic mass is 10.1. The van der Waals surface area contributed by atoms with Gasteiger partial charge in [0, 0.05) is 5.02 Å². The van der Waals surface area contributed by atoms with E-state index >= 15 is 0 Å². The summed E-state index contributed by atoms with van der Waals surface area (Å²) in [6.45, 7) is 4.03. The molecule has 3 aromatic rings. The third kappa shape index (κ3) is 6.42. The second-order valence-electron chi connectivity index (χ2n) is 7.63. The molecule has 180 valence electrons. The van der Waals surface area contributed by atoms with Crippen LogP contribution in [0.15, 0.2) is 71.6 Å². The van der Waals surface area contributed by atoms with Crippen LogP contribution in [0, 0.1) is 13.8 Å². The summed E-state index contributed by atoms with van der Waals surface area (Å²) in [5, 5.41) is 3.18. The van der Waals surface area contributed by atoms with Gasteiger partial charge in [-0.3, -0.25) is 9.10 Å². The molecular formula is C25H27ClN2O5S. The lowest BCUT2D eigenvalue weighted by Gasteiger charge is -2.24. The molecule has 9 heteroatoms. The number of carbonyl (C=O) groups excluding carboxylic acids is 1. The maximum absolute atomic E-state index is 13.4. The number of anilines is 1. The van der Waals surface area contributed by atoms with Crippen LogP contribution in [-0.2, 0) is 14.8 Å². The fourth-order valence-corrected chi connectivity index (χ4v) is 4.84. The van der Waals surface area contributed by atoms with Gasteiger partial charge in [0.1, 0.15) is 24.7 Å². The van der Waals surface area contributed by atoms with Crippen molar-refractivity contribution in [2.45, 2.75) is 18.7 Å². The number of hydrogen-bond donors (Lipinski definition) is 1. The minimum atomic E-state index is -4.03. The Hall–Kier alpha value is -3.23. The summed E-state index contributed by atoms with van der Waals surface area (Å²) in [5.74, 6) is 0.805. The van der Waals surface area contributed by atoms with Crippen LogP contribution in [0.1, 0.15) is 11.1 Å². The number of methoxy groups -OCH3 is 1. The highest BCUT2D eigenvalue weighted by Gasteiger charge is 2.27. The van der Waals surface area contributed by atoms with Crippen molar-refractivity contribution in [1.82, 2.24) is 5.32 Å². The monoisotopic (exact) mass is 502 g/mol. The number of nitrogens with one attached hydrogen (secondary N) is 1. The molecule has 0 spiro atoms. The molecule has 0 bridgehead atoms. The van der Waals surface area contributed by atoms with Crippen molar-refractivity contribution in [3.63, 3.8) is 0 Å². The van der Waals surface area contributed by atoms with Crippen LogP contribution in [0.2, 0.25) is 5.02 Å². The second-order valence-corrected chi connectivity index (χ2v) is 9.93. The Bertz CT molecular complexity index is 1230. The molecule has 0 fully saturated rings. The summed E-state index contributed by atoms with van der Waals surface area (Å²) in [6, 6.07) is 18.1. The molecule has 0 saturated carbocycles. The SMILES string of the molecule is COc1ccc(S(=O)(=O)N(CC(=O)NCCOc2ccc(C)cc2C)c2ccc(Cl)cc2)cc1. The van der Waals surface area contributed by atoms with Crippen LogP contribution < -0.4 is 19.1 Å². The number of hydrogen-bond acceptors (Lipinski definition) is 5. The third-order valence-electron chi connectivity index (χ3n) is 5.06. The van der Waals surface area contributed by atoms with E-state index in [0.29, 0.717) is 16.5 Å². The summed E-state index contributed by atoms with van der Waals surface area (Å²) in [5.41, 5.74) is 2.46. The number of carbonyl (C=O) groups is 1. The van der Waals surface area contributed by atoms with Crippen molar-refractivity contribution >= 4 is 33.2 Å². The van der Waals surface area contributed by atoms with Crippen LogP contribution in [0.25, 0.3) is 0 Å². The highest BCUT2D eigenvalue weighted by atomic mass is 35.5. The number of benzene rings is 3. The van der Waals surface area contributed by atoms with E-state index in [1.807, 2.05) is 32.0 Å². The van der Waals surface area contributed by atoms with E-state index in [9.17, 15) is 13.2 Å². The van der Waals surface area contributed by atoms with E-state index in [4.69, 9.17) is 21.1 Å². The number of halogens is 1. The molecule has 0 radical (unpaired) electrons. The Labute approximate surface area is 205 Å². The Morgan fingerprint density at radius 2 is 1.68 bits per heavy atom. The number of amides is 1. The van der Waals surface area contributed by atoms with Gasteiger partial charge in [-0.25, -0.2) is 8.42 Å². The second kappa shape index (κ2) is 11.3. The molecule has 0 unspecified atom stereocenters. The molecule has 0 saturated heterocycles. The molecule has 0 aliphatic carbocycles. The topological polar surface area (TPSA) is 84.9 Å². The van der Waals surface area contributed by atoms with Gasteiger partial charge < -0.3 is 14.8 Å². The summed E-state index contributed by atoms with van der Waals surface area (Å²) in [7, 11) is -2.53. The molecule has 7 nitrogen and oxygen atoms in total. The van der Waals surface area contributed by atoms with Gasteiger partial charge in [0.05, 0.1) is 24.2 Å². The third-order valence-corrected chi connectivity index (χ3v) is 7.10. The van der Waals surface area contributed by atoms with Gasteiger partial charge in [-0.15, -0.1) is 0 Å². The number of sulfonamides is 1. The summed E-state index contributed by atoms with van der Waals surface area (Å²) < 4.78 is 38.6. The fraction of sp³-hybridized carbons (Fsp3) is 0.240. The summed E-state index contributed by atoms with van der Waals surface area (Å²) >= 11 is 5.97. The van der Waals surface area contributed by atoms with Crippen LogP contribution in [0.4, 0.5) is 5.69 Å². The van der Waals surface area contributed by atoms with E-state index < -0.39 is 22.5 Å². The highest BCUT2D eigenvalue weighted by molar-refractivity contribution is 7.92. The van der Waals surface area contributed by atoms with Crippen molar-refractivity contribution in [2.75, 3.05) is 31.1 Å². The van der Waals surface area contributed by atoms with E-state index in [0.717, 1.165) is 21.2 Å². The van der Waals surface area contributed by atoms with Crippen molar-refractivity contribution in [3.8, 4) is 11.5 Å². The Balaban J connectivity index is 1.70. The highest BCUT2D eigenvalue weighted by Crippen LogP contribution is 2.26. The maximum Gasteiger partial charge on any atom is 0.264 e. The molecule has 1 N–H and O–H groups in total. The summed E-state index contributed by atoms with van der Waals surface area (Å²) in [4.78, 5) is 12.7. The van der Waals surface area contributed by atoms with Crippen molar-refractivity contribution in [2.24, 2.45) is 0 Å². The molecule has 0 aliphatic heterocycles. The minimum Gasteiger partial charge on any atom is -0.497 e. The van der Waals surface area contributed by atoms with E-state index in [-0.39, 0.29) is 18.0 Å². The van der Waals surface area contributed by atoms with Crippen molar-refractivity contribution in [3.05, 3.63) is 82.9 Å². The van der Waals surface area contributed by atoms with E-state index in [1.54, 1.807) is 36.4 Å². The average molecular weight is 503 g/mol. The zero-order valence-electron chi connectivity index (χ0n) is 19.2. The first kappa shape index (κ1) is 25.4. The van der Waals surface area contributed by atoms with Crippen molar-refractivity contribution < 1.29 is 22.7 Å². The minimum absolute atomic E-state index is 0.0363.